The quantitative estimate of drug-likeness (QED) is 0.799. The van der Waals surface area contributed by atoms with Crippen LogP contribution in [0, 0.1) is 30.1 Å². The summed E-state index contributed by atoms with van der Waals surface area (Å²) in [5.41, 5.74) is 4.53. The Kier molecular flexibility index (Phi) is 3.84. The maximum Gasteiger partial charge on any atom is 0.177 e. The lowest BCUT2D eigenvalue weighted by Crippen LogP contribution is -2.36. The van der Waals surface area contributed by atoms with E-state index in [-0.39, 0.29) is 6.29 Å². The highest BCUT2D eigenvalue weighted by Crippen LogP contribution is 2.48. The average Bonchev–Trinajstić information content (AvgIpc) is 3.57. The Labute approximate surface area is 153 Å². The molecular formula is C21H23N3O2. The van der Waals surface area contributed by atoms with Crippen LogP contribution in [0.25, 0.3) is 11.3 Å². The number of hydrogen-bond donors (Lipinski definition) is 0. The minimum absolute atomic E-state index is 0.225. The minimum atomic E-state index is -0.225. The van der Waals surface area contributed by atoms with Crippen molar-refractivity contribution in [2.75, 3.05) is 13.2 Å². The molecule has 3 aliphatic rings. The van der Waals surface area contributed by atoms with Crippen LogP contribution in [0.3, 0.4) is 0 Å². The van der Waals surface area contributed by atoms with Gasteiger partial charge in [0.05, 0.1) is 26.0 Å². The first kappa shape index (κ1) is 16.0. The molecule has 1 aliphatic heterocycles. The normalized spacial score (nSPS) is 21.4. The van der Waals surface area contributed by atoms with Gasteiger partial charge in [-0.1, -0.05) is 23.1 Å². The molecule has 5 heteroatoms. The molecule has 1 aromatic heterocycles. The lowest BCUT2D eigenvalue weighted by atomic mass is 10.0. The standard InChI is InChI=1S/C21H23N3O2/c1-15-10-17(5-4-16-2-3-16)6-7-18(15)19-11-24(23-22-19)12-20-25-13-21(8-9-21)14-26-20/h6-7,10-11,16,20H,2-3,8-9,12-14H2,1H3. The average molecular weight is 349 g/mol. The summed E-state index contributed by atoms with van der Waals surface area (Å²) in [6.07, 6.45) is 6.70. The highest BCUT2D eigenvalue weighted by molar-refractivity contribution is 5.64. The van der Waals surface area contributed by atoms with E-state index in [2.05, 4.69) is 47.3 Å². The maximum absolute atomic E-state index is 5.84. The van der Waals surface area contributed by atoms with E-state index in [0.717, 1.165) is 30.0 Å². The van der Waals surface area contributed by atoms with E-state index in [1.54, 1.807) is 0 Å². The van der Waals surface area contributed by atoms with Gasteiger partial charge in [0, 0.05) is 22.5 Å². The summed E-state index contributed by atoms with van der Waals surface area (Å²) < 4.78 is 13.5. The van der Waals surface area contributed by atoms with Crippen molar-refractivity contribution in [1.29, 1.82) is 0 Å². The first-order chi connectivity index (χ1) is 12.7. The van der Waals surface area contributed by atoms with Crippen molar-refractivity contribution in [1.82, 2.24) is 15.0 Å². The van der Waals surface area contributed by atoms with Gasteiger partial charge in [0.1, 0.15) is 5.69 Å². The summed E-state index contributed by atoms with van der Waals surface area (Å²) in [5.74, 6) is 7.20. The van der Waals surface area contributed by atoms with Crippen LogP contribution in [-0.4, -0.2) is 34.5 Å². The van der Waals surface area contributed by atoms with Gasteiger partial charge in [0.15, 0.2) is 6.29 Å². The second-order valence-electron chi connectivity index (χ2n) is 7.95. The van der Waals surface area contributed by atoms with Crippen molar-refractivity contribution in [2.45, 2.75) is 45.4 Å². The van der Waals surface area contributed by atoms with Crippen molar-refractivity contribution in [2.24, 2.45) is 11.3 Å². The second-order valence-corrected chi connectivity index (χ2v) is 7.95. The molecule has 1 saturated heterocycles. The topological polar surface area (TPSA) is 49.2 Å². The molecule has 26 heavy (non-hydrogen) atoms. The smallest absolute Gasteiger partial charge is 0.177 e. The van der Waals surface area contributed by atoms with Gasteiger partial charge >= 0.3 is 0 Å². The SMILES string of the molecule is Cc1cc(C#CC2CC2)ccc1-c1cn(CC2OCC3(CC3)CO2)nn1. The van der Waals surface area contributed by atoms with Crippen LogP contribution in [0.1, 0.15) is 36.8 Å². The molecule has 5 nitrogen and oxygen atoms in total. The molecule has 0 bridgehead atoms. The van der Waals surface area contributed by atoms with Crippen molar-refractivity contribution < 1.29 is 9.47 Å². The Balaban J connectivity index is 1.26. The number of nitrogens with zero attached hydrogens (tertiary/aromatic N) is 3. The van der Waals surface area contributed by atoms with Crippen LogP contribution < -0.4 is 0 Å². The molecule has 134 valence electrons. The molecule has 0 amide bonds. The fourth-order valence-corrected chi connectivity index (χ4v) is 3.31. The van der Waals surface area contributed by atoms with Gasteiger partial charge in [0.25, 0.3) is 0 Å². The largest absolute Gasteiger partial charge is 0.350 e. The van der Waals surface area contributed by atoms with Crippen LogP contribution in [0.15, 0.2) is 24.4 Å². The van der Waals surface area contributed by atoms with E-state index in [1.165, 1.54) is 31.2 Å². The van der Waals surface area contributed by atoms with Crippen molar-refractivity contribution in [3.63, 3.8) is 0 Å². The molecule has 2 aliphatic carbocycles. The van der Waals surface area contributed by atoms with E-state index >= 15 is 0 Å². The molecule has 1 spiro atoms. The molecule has 5 rings (SSSR count). The van der Waals surface area contributed by atoms with Crippen LogP contribution in [0.2, 0.25) is 0 Å². The van der Waals surface area contributed by atoms with E-state index in [1.807, 2.05) is 10.9 Å². The molecule has 3 fully saturated rings. The maximum atomic E-state index is 5.84. The van der Waals surface area contributed by atoms with Gasteiger partial charge in [-0.2, -0.15) is 0 Å². The van der Waals surface area contributed by atoms with E-state index in [4.69, 9.17) is 9.47 Å². The third-order valence-electron chi connectivity index (χ3n) is 5.48. The van der Waals surface area contributed by atoms with Crippen molar-refractivity contribution in [3.8, 4) is 23.1 Å². The lowest BCUT2D eigenvalue weighted by molar-refractivity contribution is -0.213. The Morgan fingerprint density at radius 1 is 1.23 bits per heavy atom. The van der Waals surface area contributed by atoms with Crippen LogP contribution >= 0.6 is 0 Å². The van der Waals surface area contributed by atoms with Crippen LogP contribution in [0.4, 0.5) is 0 Å². The van der Waals surface area contributed by atoms with E-state index in [0.29, 0.717) is 17.9 Å². The summed E-state index contributed by atoms with van der Waals surface area (Å²) in [4.78, 5) is 0. The lowest BCUT2D eigenvalue weighted by Gasteiger charge is -2.29. The second kappa shape index (κ2) is 6.22. The molecule has 2 saturated carbocycles. The number of aryl methyl sites for hydroxylation is 1. The van der Waals surface area contributed by atoms with E-state index < -0.39 is 0 Å². The van der Waals surface area contributed by atoms with Gasteiger partial charge in [0.2, 0.25) is 0 Å². The Morgan fingerprint density at radius 2 is 2.04 bits per heavy atom. The summed E-state index contributed by atoms with van der Waals surface area (Å²) in [5, 5.41) is 8.58. The predicted molar refractivity (Wildman–Crippen MR) is 97.2 cm³/mol. The zero-order valence-corrected chi connectivity index (χ0v) is 15.1. The first-order valence-corrected chi connectivity index (χ1v) is 9.45. The third kappa shape index (κ3) is 3.40. The van der Waals surface area contributed by atoms with Crippen molar-refractivity contribution >= 4 is 0 Å². The zero-order valence-electron chi connectivity index (χ0n) is 15.1. The van der Waals surface area contributed by atoms with Crippen molar-refractivity contribution in [3.05, 3.63) is 35.5 Å². The molecule has 0 atom stereocenters. The fourth-order valence-electron chi connectivity index (χ4n) is 3.31. The monoisotopic (exact) mass is 349 g/mol. The highest BCUT2D eigenvalue weighted by atomic mass is 16.7. The van der Waals surface area contributed by atoms with Gasteiger partial charge in [-0.3, -0.25) is 0 Å². The highest BCUT2D eigenvalue weighted by Gasteiger charge is 2.46. The van der Waals surface area contributed by atoms with Gasteiger partial charge in [-0.05, 0) is 50.3 Å². The minimum Gasteiger partial charge on any atom is -0.350 e. The predicted octanol–water partition coefficient (Wildman–Crippen LogP) is 3.17. The Hall–Kier alpha value is -2.16. The third-order valence-corrected chi connectivity index (χ3v) is 5.48. The molecule has 1 aromatic carbocycles. The van der Waals surface area contributed by atoms with Gasteiger partial charge < -0.3 is 9.47 Å². The Morgan fingerprint density at radius 3 is 2.73 bits per heavy atom. The number of aromatic nitrogens is 3. The summed E-state index contributed by atoms with van der Waals surface area (Å²) in [7, 11) is 0. The summed E-state index contributed by atoms with van der Waals surface area (Å²) in [6, 6.07) is 6.29. The molecule has 0 radical (unpaired) electrons. The number of benzene rings is 1. The molecule has 2 aromatic rings. The van der Waals surface area contributed by atoms with Crippen LogP contribution in [-0.2, 0) is 16.0 Å². The van der Waals surface area contributed by atoms with E-state index in [9.17, 15) is 0 Å². The molecule has 2 heterocycles. The summed E-state index contributed by atoms with van der Waals surface area (Å²) >= 11 is 0. The number of hydrogen-bond acceptors (Lipinski definition) is 4. The number of ether oxygens (including phenoxy) is 2. The summed E-state index contributed by atoms with van der Waals surface area (Å²) in [6.45, 7) is 4.29. The fraction of sp³-hybridized carbons (Fsp3) is 0.524. The van der Waals surface area contributed by atoms with Gasteiger partial charge in [-0.25, -0.2) is 4.68 Å². The van der Waals surface area contributed by atoms with Crippen LogP contribution in [0.5, 0.6) is 0 Å². The zero-order chi connectivity index (χ0) is 17.6. The molecule has 0 N–H and O–H groups in total. The van der Waals surface area contributed by atoms with Gasteiger partial charge in [-0.15, -0.1) is 5.10 Å². The molecular weight excluding hydrogens is 326 g/mol. The first-order valence-electron chi connectivity index (χ1n) is 9.45. The Bertz CT molecular complexity index is 874. The number of rotatable bonds is 3. The molecule has 0 unspecified atom stereocenters.